The number of nitrogens with two attached hydrogens (primary N) is 1. The molecule has 0 saturated carbocycles. The fourth-order valence-corrected chi connectivity index (χ4v) is 2.78. The molecule has 0 radical (unpaired) electrons. The zero-order valence-electron chi connectivity index (χ0n) is 15.4. The van der Waals surface area contributed by atoms with Gasteiger partial charge >= 0.3 is 0 Å². The van der Waals surface area contributed by atoms with Crippen LogP contribution in [0.3, 0.4) is 0 Å². The number of ether oxygens (including phenoxy) is 2. The molecule has 0 bridgehead atoms. The summed E-state index contributed by atoms with van der Waals surface area (Å²) in [5.41, 5.74) is 7.78. The molecule has 3 aromatic heterocycles. The number of hydrogen-bond acceptors (Lipinski definition) is 9. The van der Waals surface area contributed by atoms with Crippen LogP contribution in [0.4, 0.5) is 11.8 Å². The van der Waals surface area contributed by atoms with E-state index in [-0.39, 0.29) is 5.82 Å². The fourth-order valence-electron chi connectivity index (χ4n) is 2.78. The number of nitrogen functional groups attached to an aromatic ring is 1. The second-order valence-electron chi connectivity index (χ2n) is 5.95. The number of aromatic nitrogens is 3. The molecule has 0 amide bonds. The highest BCUT2D eigenvalue weighted by atomic mass is 16.5. The lowest BCUT2D eigenvalue weighted by Crippen LogP contribution is -2.09. The molecule has 3 N–H and O–H groups in total. The van der Waals surface area contributed by atoms with E-state index in [1.54, 1.807) is 32.6 Å². The number of methoxy groups -OCH3 is 2. The van der Waals surface area contributed by atoms with Crippen molar-refractivity contribution in [2.24, 2.45) is 0 Å². The van der Waals surface area contributed by atoms with Crippen molar-refractivity contribution in [3.63, 3.8) is 0 Å². The Morgan fingerprint density at radius 2 is 1.93 bits per heavy atom. The van der Waals surface area contributed by atoms with Crippen LogP contribution in [0, 0.1) is 0 Å². The number of hydrogen-bond donors (Lipinski definition) is 2. The summed E-state index contributed by atoms with van der Waals surface area (Å²) in [5.74, 6) is 2.80. The van der Waals surface area contributed by atoms with Gasteiger partial charge in [0, 0.05) is 6.54 Å². The number of fused-ring (bicyclic) bond motifs is 1. The van der Waals surface area contributed by atoms with Crippen molar-refractivity contribution in [3.05, 3.63) is 42.2 Å². The van der Waals surface area contributed by atoms with E-state index >= 15 is 0 Å². The van der Waals surface area contributed by atoms with Crippen LogP contribution in [0.25, 0.3) is 22.9 Å². The maximum absolute atomic E-state index is 6.00. The highest BCUT2D eigenvalue weighted by Crippen LogP contribution is 2.28. The SMILES string of the molecule is COc1ccc(CCNc2nc(N)c3nc(-c4ccco4)oc3n2)cc1OC. The Labute approximate surface area is 160 Å². The van der Waals surface area contributed by atoms with Crippen LogP contribution in [0.2, 0.25) is 0 Å². The van der Waals surface area contributed by atoms with E-state index < -0.39 is 0 Å². The Bertz CT molecular complexity index is 1090. The van der Waals surface area contributed by atoms with Crippen LogP contribution in [0.15, 0.2) is 45.4 Å². The van der Waals surface area contributed by atoms with Crippen molar-refractivity contribution in [1.82, 2.24) is 15.0 Å². The molecule has 0 saturated heterocycles. The first-order chi connectivity index (χ1) is 13.7. The topological polar surface area (TPSA) is 121 Å². The Morgan fingerprint density at radius 1 is 1.07 bits per heavy atom. The zero-order chi connectivity index (χ0) is 19.5. The maximum atomic E-state index is 6.00. The van der Waals surface area contributed by atoms with E-state index in [9.17, 15) is 0 Å². The molecular formula is C19H19N5O4. The molecule has 9 nitrogen and oxygen atoms in total. The van der Waals surface area contributed by atoms with E-state index in [2.05, 4.69) is 20.3 Å². The Balaban J connectivity index is 1.48. The third kappa shape index (κ3) is 3.41. The largest absolute Gasteiger partial charge is 0.493 e. The van der Waals surface area contributed by atoms with E-state index in [4.69, 9.17) is 24.0 Å². The van der Waals surface area contributed by atoms with Gasteiger partial charge in [-0.2, -0.15) is 9.97 Å². The Morgan fingerprint density at radius 3 is 2.68 bits per heavy atom. The summed E-state index contributed by atoms with van der Waals surface area (Å²) in [6.07, 6.45) is 2.27. The molecule has 0 unspecified atom stereocenters. The molecule has 28 heavy (non-hydrogen) atoms. The van der Waals surface area contributed by atoms with Gasteiger partial charge in [0.05, 0.1) is 20.5 Å². The predicted octanol–water partition coefficient (Wildman–Crippen LogP) is 3.13. The molecule has 4 rings (SSSR count). The Kier molecular flexibility index (Phi) is 4.71. The summed E-state index contributed by atoms with van der Waals surface area (Å²) in [4.78, 5) is 12.9. The van der Waals surface area contributed by atoms with Crippen LogP contribution in [-0.2, 0) is 6.42 Å². The number of furan rings is 1. The molecular weight excluding hydrogens is 362 g/mol. The third-order valence-electron chi connectivity index (χ3n) is 4.16. The van der Waals surface area contributed by atoms with Gasteiger partial charge < -0.3 is 29.4 Å². The molecule has 0 aliphatic carbocycles. The average Bonchev–Trinajstić information content (AvgIpc) is 3.37. The smallest absolute Gasteiger partial charge is 0.265 e. The van der Waals surface area contributed by atoms with Crippen molar-refractivity contribution in [2.45, 2.75) is 6.42 Å². The van der Waals surface area contributed by atoms with Crippen LogP contribution < -0.4 is 20.5 Å². The molecule has 0 atom stereocenters. The van der Waals surface area contributed by atoms with Crippen molar-refractivity contribution in [1.29, 1.82) is 0 Å². The molecule has 9 heteroatoms. The quantitative estimate of drug-likeness (QED) is 0.497. The molecule has 3 heterocycles. The predicted molar refractivity (Wildman–Crippen MR) is 103 cm³/mol. The second-order valence-corrected chi connectivity index (χ2v) is 5.95. The van der Waals surface area contributed by atoms with E-state index in [1.165, 1.54) is 0 Å². The normalized spacial score (nSPS) is 10.9. The molecule has 144 valence electrons. The van der Waals surface area contributed by atoms with Crippen LogP contribution >= 0.6 is 0 Å². The Hall–Kier alpha value is -3.75. The van der Waals surface area contributed by atoms with Gasteiger partial charge in [0.1, 0.15) is 0 Å². The standard InChI is InChI=1S/C19H19N5O4/c1-25-12-6-5-11(10-14(12)26-2)7-8-21-19-23-16(20)15-18(24-19)28-17(22-15)13-4-3-9-27-13/h3-6,9-10H,7-8H2,1-2H3,(H3,20,21,23,24). The summed E-state index contributed by atoms with van der Waals surface area (Å²) < 4.78 is 21.5. The van der Waals surface area contributed by atoms with E-state index in [0.717, 1.165) is 12.0 Å². The molecule has 4 aromatic rings. The van der Waals surface area contributed by atoms with Crippen LogP contribution in [0.1, 0.15) is 5.56 Å². The highest BCUT2D eigenvalue weighted by Gasteiger charge is 2.16. The zero-order valence-corrected chi connectivity index (χ0v) is 15.4. The van der Waals surface area contributed by atoms with Gasteiger partial charge in [-0.1, -0.05) is 6.07 Å². The summed E-state index contributed by atoms with van der Waals surface area (Å²) in [5, 5.41) is 3.15. The minimum atomic E-state index is 0.236. The van der Waals surface area contributed by atoms with Crippen LogP contribution in [-0.4, -0.2) is 35.7 Å². The number of nitrogens with zero attached hydrogens (tertiary/aromatic N) is 3. The van der Waals surface area contributed by atoms with E-state index in [0.29, 0.717) is 46.9 Å². The lowest BCUT2D eigenvalue weighted by Gasteiger charge is -2.10. The summed E-state index contributed by atoms with van der Waals surface area (Å²) >= 11 is 0. The first-order valence-corrected chi connectivity index (χ1v) is 8.60. The third-order valence-corrected chi connectivity index (χ3v) is 4.16. The number of oxazole rings is 1. The molecule has 0 aliphatic heterocycles. The van der Waals surface area contributed by atoms with Gasteiger partial charge in [-0.25, -0.2) is 4.98 Å². The number of anilines is 2. The van der Waals surface area contributed by atoms with Gasteiger partial charge in [0.2, 0.25) is 5.95 Å². The number of rotatable bonds is 7. The monoisotopic (exact) mass is 381 g/mol. The lowest BCUT2D eigenvalue weighted by atomic mass is 10.1. The van der Waals surface area contributed by atoms with Gasteiger partial charge in [0.25, 0.3) is 11.6 Å². The minimum absolute atomic E-state index is 0.236. The minimum Gasteiger partial charge on any atom is -0.493 e. The molecule has 0 aliphatic rings. The van der Waals surface area contributed by atoms with Crippen LogP contribution in [0.5, 0.6) is 11.5 Å². The highest BCUT2D eigenvalue weighted by molar-refractivity contribution is 5.82. The average molecular weight is 381 g/mol. The molecule has 0 fully saturated rings. The molecule has 1 aromatic carbocycles. The summed E-state index contributed by atoms with van der Waals surface area (Å²) in [6.45, 7) is 0.597. The fraction of sp³-hybridized carbons (Fsp3) is 0.211. The molecule has 0 spiro atoms. The summed E-state index contributed by atoms with van der Waals surface area (Å²) in [6, 6.07) is 9.29. The van der Waals surface area contributed by atoms with Crippen molar-refractivity contribution < 1.29 is 18.3 Å². The maximum Gasteiger partial charge on any atom is 0.265 e. The summed E-state index contributed by atoms with van der Waals surface area (Å²) in [7, 11) is 3.22. The second kappa shape index (κ2) is 7.47. The van der Waals surface area contributed by atoms with E-state index in [1.807, 2.05) is 18.2 Å². The van der Waals surface area contributed by atoms with Gasteiger partial charge in [0.15, 0.2) is 28.6 Å². The lowest BCUT2D eigenvalue weighted by molar-refractivity contribution is 0.354. The van der Waals surface area contributed by atoms with Gasteiger partial charge in [-0.3, -0.25) is 0 Å². The van der Waals surface area contributed by atoms with Gasteiger partial charge in [-0.15, -0.1) is 0 Å². The number of nitrogens with one attached hydrogen (secondary N) is 1. The first-order valence-electron chi connectivity index (χ1n) is 8.60. The van der Waals surface area contributed by atoms with Crippen molar-refractivity contribution >= 4 is 23.0 Å². The van der Waals surface area contributed by atoms with Crippen molar-refractivity contribution in [3.8, 4) is 23.1 Å². The number of benzene rings is 1. The first kappa shape index (κ1) is 17.7. The van der Waals surface area contributed by atoms with Gasteiger partial charge in [-0.05, 0) is 36.2 Å². The van der Waals surface area contributed by atoms with Crippen molar-refractivity contribution in [2.75, 3.05) is 31.8 Å².